The maximum absolute atomic E-state index is 6.72. The van der Waals surface area contributed by atoms with Gasteiger partial charge in [-0.1, -0.05) is 25.6 Å². The molecule has 0 aliphatic rings. The van der Waals surface area contributed by atoms with Crippen molar-refractivity contribution in [2.45, 2.75) is 59.6 Å². The van der Waals surface area contributed by atoms with Crippen LogP contribution in [0.4, 0.5) is 5.82 Å². The van der Waals surface area contributed by atoms with Crippen molar-refractivity contribution in [1.29, 1.82) is 0 Å². The maximum Gasteiger partial charge on any atom is 0.246 e. The Morgan fingerprint density at radius 2 is 1.82 bits per heavy atom. The van der Waals surface area contributed by atoms with Crippen LogP contribution < -0.4 is 19.5 Å². The molecule has 14 heteroatoms. The lowest BCUT2D eigenvalue weighted by molar-refractivity contribution is 0.134. The highest BCUT2D eigenvalue weighted by Gasteiger charge is 2.26. The number of anilines is 1. The fourth-order valence-electron chi connectivity index (χ4n) is 5.60. The minimum Gasteiger partial charge on any atom is -0.497 e. The number of ether oxygens (including phenoxy) is 4. The summed E-state index contributed by atoms with van der Waals surface area (Å²) in [5.41, 5.74) is 5.84. The Hall–Kier alpha value is -4.15. The normalized spacial score (nSPS) is 12.2. The molecule has 0 radical (unpaired) electrons. The Morgan fingerprint density at radius 3 is 2.47 bits per heavy atom. The van der Waals surface area contributed by atoms with E-state index in [0.717, 1.165) is 44.1 Å². The number of halogens is 1. The Kier molecular flexibility index (Phi) is 11.8. The number of benzene rings is 1. The van der Waals surface area contributed by atoms with Gasteiger partial charge in [-0.25, -0.2) is 14.6 Å². The molecule has 13 nitrogen and oxygen atoms in total. The van der Waals surface area contributed by atoms with Crippen LogP contribution in [-0.2, 0) is 38.5 Å². The van der Waals surface area contributed by atoms with E-state index in [-0.39, 0.29) is 18.8 Å². The Labute approximate surface area is 301 Å². The number of methoxy groups -OCH3 is 2. The van der Waals surface area contributed by atoms with Gasteiger partial charge >= 0.3 is 0 Å². The molecule has 1 atom stereocenters. The number of rotatable bonds is 17. The number of likely N-dealkylation sites (N-methyl/N-ethyl adjacent to an activating group) is 1. The molecule has 0 spiro atoms. The number of aryl methyl sites for hydroxylation is 2. The second-order valence-corrected chi connectivity index (χ2v) is 13.1. The van der Waals surface area contributed by atoms with Gasteiger partial charge in [0.25, 0.3) is 0 Å². The van der Waals surface area contributed by atoms with Gasteiger partial charge in [-0.3, -0.25) is 14.0 Å². The number of hydrogen-bond donors (Lipinski definition) is 1. The van der Waals surface area contributed by atoms with Crippen molar-refractivity contribution in [3.63, 3.8) is 0 Å². The van der Waals surface area contributed by atoms with Gasteiger partial charge in [0.2, 0.25) is 11.8 Å². The first-order valence-corrected chi connectivity index (χ1v) is 17.3. The van der Waals surface area contributed by atoms with Crippen LogP contribution >= 0.6 is 22.6 Å². The van der Waals surface area contributed by atoms with Gasteiger partial charge in [0.05, 0.1) is 52.2 Å². The highest BCUT2D eigenvalue weighted by atomic mass is 127. The molecule has 5 aromatic rings. The van der Waals surface area contributed by atoms with Crippen molar-refractivity contribution in [3.8, 4) is 28.8 Å². The summed E-state index contributed by atoms with van der Waals surface area (Å²) in [6, 6.07) is 7.92. The predicted molar refractivity (Wildman–Crippen MR) is 199 cm³/mol. The number of nitrogens with zero attached hydrogens (tertiary/aromatic N) is 8. The summed E-state index contributed by atoms with van der Waals surface area (Å²) in [6.45, 7) is 15.3. The second-order valence-electron chi connectivity index (χ2n) is 12.1. The molecule has 262 valence electrons. The van der Waals surface area contributed by atoms with E-state index in [9.17, 15) is 0 Å². The summed E-state index contributed by atoms with van der Waals surface area (Å²) < 4.78 is 30.2. The Balaban J connectivity index is 1.45. The van der Waals surface area contributed by atoms with Gasteiger partial charge in [-0.05, 0) is 73.7 Å². The maximum atomic E-state index is 6.72. The zero-order valence-electron chi connectivity index (χ0n) is 29.5. The topological polar surface area (TPSA) is 118 Å². The highest BCUT2D eigenvalue weighted by Crippen LogP contribution is 2.35. The second kappa shape index (κ2) is 16.0. The number of nitrogens with one attached hydrogen (secondary N) is 1. The van der Waals surface area contributed by atoms with Crippen LogP contribution in [0.2, 0.25) is 0 Å². The smallest absolute Gasteiger partial charge is 0.246 e. The van der Waals surface area contributed by atoms with Gasteiger partial charge in [-0.2, -0.15) is 5.10 Å². The molecule has 0 unspecified atom stereocenters. The van der Waals surface area contributed by atoms with Gasteiger partial charge in [0, 0.05) is 47.0 Å². The van der Waals surface area contributed by atoms with Crippen LogP contribution in [0.1, 0.15) is 50.3 Å². The molecule has 0 saturated carbocycles. The van der Waals surface area contributed by atoms with Crippen LogP contribution in [0.3, 0.4) is 0 Å². The van der Waals surface area contributed by atoms with Crippen molar-refractivity contribution in [3.05, 3.63) is 69.5 Å². The van der Waals surface area contributed by atoms with E-state index < -0.39 is 0 Å². The van der Waals surface area contributed by atoms with E-state index in [4.69, 9.17) is 29.0 Å². The minimum atomic E-state index is -0.185. The third-order valence-electron chi connectivity index (χ3n) is 8.02. The van der Waals surface area contributed by atoms with Crippen LogP contribution in [0, 0.1) is 3.57 Å². The fraction of sp³-hybridized carbons (Fsp3) is 0.429. The summed E-state index contributed by atoms with van der Waals surface area (Å²) in [5.74, 6) is 2.69. The van der Waals surface area contributed by atoms with E-state index >= 15 is 0 Å². The highest BCUT2D eigenvalue weighted by molar-refractivity contribution is 14.1. The molecule has 0 fully saturated rings. The lowest BCUT2D eigenvalue weighted by atomic mass is 10.1. The average Bonchev–Trinajstić information content (AvgIpc) is 3.72. The number of fused-ring (bicyclic) bond motifs is 1. The SMILES string of the molecule is C=Cc1cnc2c(NCc3ccc(OC)cc3)nc(-c3c(COC)nn(C)c3O[C@@H](C)CN(CC)Cc3c(I)c(OC(C)C)nn3C)cn12. The van der Waals surface area contributed by atoms with E-state index in [0.29, 0.717) is 48.6 Å². The molecule has 0 aliphatic heterocycles. The largest absolute Gasteiger partial charge is 0.497 e. The monoisotopic (exact) mass is 783 g/mol. The van der Waals surface area contributed by atoms with Crippen LogP contribution in [0.25, 0.3) is 23.0 Å². The van der Waals surface area contributed by atoms with Crippen LogP contribution in [-0.4, -0.2) is 78.3 Å². The Bertz CT molecular complexity index is 1880. The fourth-order valence-corrected chi connectivity index (χ4v) is 6.36. The van der Waals surface area contributed by atoms with E-state index in [1.165, 1.54) is 0 Å². The van der Waals surface area contributed by atoms with Crippen molar-refractivity contribution in [2.24, 2.45) is 14.1 Å². The number of imidazole rings is 1. The number of hydrogen-bond acceptors (Lipinski definition) is 10. The first kappa shape index (κ1) is 36.1. The molecular formula is C35H46IN9O4. The van der Waals surface area contributed by atoms with Gasteiger partial charge in [0.15, 0.2) is 11.5 Å². The minimum absolute atomic E-state index is 0.0516. The molecule has 49 heavy (non-hydrogen) atoms. The van der Waals surface area contributed by atoms with Crippen molar-refractivity contribution < 1.29 is 18.9 Å². The quantitative estimate of drug-likeness (QED) is 0.113. The first-order valence-electron chi connectivity index (χ1n) is 16.3. The van der Waals surface area contributed by atoms with E-state index in [1.807, 2.05) is 67.5 Å². The summed E-state index contributed by atoms with van der Waals surface area (Å²) in [6.07, 6.45) is 5.37. The van der Waals surface area contributed by atoms with Crippen molar-refractivity contribution in [1.82, 2.24) is 38.8 Å². The third-order valence-corrected chi connectivity index (χ3v) is 9.11. The molecule has 4 aromatic heterocycles. The first-order chi connectivity index (χ1) is 23.6. The lowest BCUT2D eigenvalue weighted by Gasteiger charge is -2.25. The average molecular weight is 784 g/mol. The third kappa shape index (κ3) is 8.19. The molecular weight excluding hydrogens is 737 g/mol. The molecule has 4 heterocycles. The molecule has 0 aliphatic carbocycles. The van der Waals surface area contributed by atoms with Gasteiger partial charge in [0.1, 0.15) is 17.5 Å². The molecule has 5 rings (SSSR count). The molecule has 1 aromatic carbocycles. The van der Waals surface area contributed by atoms with Gasteiger partial charge in [-0.15, -0.1) is 5.10 Å². The molecule has 1 N–H and O–H groups in total. The zero-order chi connectivity index (χ0) is 35.2. The summed E-state index contributed by atoms with van der Waals surface area (Å²) in [4.78, 5) is 12.1. The van der Waals surface area contributed by atoms with Crippen LogP contribution in [0.15, 0.2) is 43.2 Å². The van der Waals surface area contributed by atoms with Crippen LogP contribution in [0.5, 0.6) is 17.5 Å². The lowest BCUT2D eigenvalue weighted by Crippen LogP contribution is -2.34. The van der Waals surface area contributed by atoms with E-state index in [1.54, 1.807) is 31.2 Å². The molecule has 0 amide bonds. The summed E-state index contributed by atoms with van der Waals surface area (Å²) in [7, 11) is 7.15. The van der Waals surface area contributed by atoms with E-state index in [2.05, 4.69) is 63.3 Å². The zero-order valence-corrected chi connectivity index (χ0v) is 31.7. The summed E-state index contributed by atoms with van der Waals surface area (Å²) in [5, 5.41) is 12.9. The number of aromatic nitrogens is 7. The van der Waals surface area contributed by atoms with Crippen molar-refractivity contribution >= 4 is 40.1 Å². The molecule has 0 bridgehead atoms. The van der Waals surface area contributed by atoms with Gasteiger partial charge < -0.3 is 24.3 Å². The summed E-state index contributed by atoms with van der Waals surface area (Å²) >= 11 is 2.33. The standard InChI is InChI=1S/C35H46IN9O4/c1-10-25-17-38-33-32(37-16-24-12-14-26(47-9)15-13-24)39-27(19-45(25)33)30-28(21-46-8)40-43(7)35(30)49-23(5)18-44(11-2)20-29-31(36)34(41-42(29)6)48-22(3)4/h10,12-15,17,19,22-23H,1,11,16,18,20-21H2,2-9H3,(H,37,39)/t23-/m0/s1. The Morgan fingerprint density at radius 1 is 1.06 bits per heavy atom. The molecule has 0 saturated heterocycles. The van der Waals surface area contributed by atoms with Crippen molar-refractivity contribution in [2.75, 3.05) is 32.6 Å². The predicted octanol–water partition coefficient (Wildman–Crippen LogP) is 5.95.